The largest absolute Gasteiger partial charge is 0.385 e. The molecule has 22 heavy (non-hydrogen) atoms. The SMILES string of the molecule is C[C@@H](O)c1nc2cnc3ccsc3c2n1C1CCNC[C@H]1F. The molecular formula is C15H17FN4OS. The van der Waals surface area contributed by atoms with Crippen LogP contribution in [0.25, 0.3) is 21.3 Å². The number of piperidine rings is 1. The van der Waals surface area contributed by atoms with E-state index in [0.29, 0.717) is 18.8 Å². The molecule has 0 saturated carbocycles. The van der Waals surface area contributed by atoms with Crippen LogP contribution in [0.15, 0.2) is 17.6 Å². The van der Waals surface area contributed by atoms with Gasteiger partial charge >= 0.3 is 0 Å². The highest BCUT2D eigenvalue weighted by molar-refractivity contribution is 7.18. The summed E-state index contributed by atoms with van der Waals surface area (Å²) in [6.07, 6.45) is 0.652. The van der Waals surface area contributed by atoms with Crippen LogP contribution < -0.4 is 5.32 Å². The number of nitrogens with one attached hydrogen (secondary N) is 1. The third-order valence-electron chi connectivity index (χ3n) is 4.23. The molecule has 2 N–H and O–H groups in total. The lowest BCUT2D eigenvalue weighted by Gasteiger charge is -2.30. The number of halogens is 1. The molecule has 4 heterocycles. The fraction of sp³-hybridized carbons (Fsp3) is 0.467. The van der Waals surface area contributed by atoms with Crippen molar-refractivity contribution < 1.29 is 9.50 Å². The quantitative estimate of drug-likeness (QED) is 0.762. The molecule has 3 aromatic heterocycles. The summed E-state index contributed by atoms with van der Waals surface area (Å²) < 4.78 is 17.4. The Hall–Kier alpha value is -1.57. The zero-order valence-electron chi connectivity index (χ0n) is 12.2. The second-order valence-electron chi connectivity index (χ2n) is 5.72. The minimum atomic E-state index is -0.994. The van der Waals surface area contributed by atoms with Crippen LogP contribution in [0.5, 0.6) is 0 Å². The van der Waals surface area contributed by atoms with Gasteiger partial charge in [-0.05, 0) is 31.3 Å². The molecule has 1 aliphatic heterocycles. The number of aliphatic hydroxyl groups excluding tert-OH is 1. The zero-order valence-corrected chi connectivity index (χ0v) is 13.0. The number of hydrogen-bond acceptors (Lipinski definition) is 5. The fourth-order valence-corrected chi connectivity index (χ4v) is 4.11. The van der Waals surface area contributed by atoms with Gasteiger partial charge in [0.1, 0.15) is 23.6 Å². The van der Waals surface area contributed by atoms with E-state index < -0.39 is 12.3 Å². The predicted octanol–water partition coefficient (Wildman–Crippen LogP) is 2.57. The monoisotopic (exact) mass is 320 g/mol. The third kappa shape index (κ3) is 2.04. The second kappa shape index (κ2) is 5.26. The second-order valence-corrected chi connectivity index (χ2v) is 6.64. The Labute approximate surface area is 130 Å². The van der Waals surface area contributed by atoms with Crippen molar-refractivity contribution in [2.75, 3.05) is 13.1 Å². The lowest BCUT2D eigenvalue weighted by atomic mass is 10.0. The number of thiophene rings is 1. The normalized spacial score (nSPS) is 24.1. The zero-order chi connectivity index (χ0) is 15.3. The summed E-state index contributed by atoms with van der Waals surface area (Å²) in [7, 11) is 0. The van der Waals surface area contributed by atoms with Crippen LogP contribution in [0.3, 0.4) is 0 Å². The van der Waals surface area contributed by atoms with E-state index in [0.717, 1.165) is 27.8 Å². The Morgan fingerprint density at radius 3 is 3.14 bits per heavy atom. The number of hydrogen-bond donors (Lipinski definition) is 2. The van der Waals surface area contributed by atoms with Crippen molar-refractivity contribution in [1.82, 2.24) is 19.9 Å². The summed E-state index contributed by atoms with van der Waals surface area (Å²) in [5.74, 6) is 0.521. The highest BCUT2D eigenvalue weighted by Crippen LogP contribution is 2.35. The summed E-state index contributed by atoms with van der Waals surface area (Å²) in [6.45, 7) is 2.77. The van der Waals surface area contributed by atoms with Gasteiger partial charge < -0.3 is 15.0 Å². The van der Waals surface area contributed by atoms with Crippen LogP contribution in [0.1, 0.15) is 31.3 Å². The third-order valence-corrected chi connectivity index (χ3v) is 5.14. The molecule has 0 spiro atoms. The first-order valence-electron chi connectivity index (χ1n) is 7.43. The molecule has 1 fully saturated rings. The van der Waals surface area contributed by atoms with Crippen molar-refractivity contribution in [2.24, 2.45) is 0 Å². The predicted molar refractivity (Wildman–Crippen MR) is 85.0 cm³/mol. The smallest absolute Gasteiger partial charge is 0.139 e. The van der Waals surface area contributed by atoms with Crippen LogP contribution in [-0.2, 0) is 0 Å². The number of imidazole rings is 1. The average Bonchev–Trinajstić information content (AvgIpc) is 3.11. The van der Waals surface area contributed by atoms with Crippen molar-refractivity contribution >= 4 is 32.6 Å². The molecule has 1 unspecified atom stereocenters. The van der Waals surface area contributed by atoms with Gasteiger partial charge in [0.2, 0.25) is 0 Å². The molecule has 0 radical (unpaired) electrons. The number of alkyl halides is 1. The van der Waals surface area contributed by atoms with Gasteiger partial charge in [0, 0.05) is 6.54 Å². The maximum absolute atomic E-state index is 14.5. The molecule has 7 heteroatoms. The lowest BCUT2D eigenvalue weighted by molar-refractivity contribution is 0.153. The van der Waals surface area contributed by atoms with E-state index in [4.69, 9.17) is 0 Å². The number of nitrogens with zero attached hydrogens (tertiary/aromatic N) is 3. The van der Waals surface area contributed by atoms with Gasteiger partial charge in [0.05, 0.1) is 28.0 Å². The molecule has 4 rings (SSSR count). The number of pyridine rings is 1. The maximum atomic E-state index is 14.5. The van der Waals surface area contributed by atoms with Gasteiger partial charge in [-0.1, -0.05) is 0 Å². The van der Waals surface area contributed by atoms with Gasteiger partial charge in [0.15, 0.2) is 0 Å². The van der Waals surface area contributed by atoms with Gasteiger partial charge in [-0.2, -0.15) is 0 Å². The molecule has 0 amide bonds. The minimum absolute atomic E-state index is 0.302. The first-order chi connectivity index (χ1) is 10.7. The molecule has 5 nitrogen and oxygen atoms in total. The molecule has 0 aliphatic carbocycles. The first kappa shape index (κ1) is 14.0. The molecule has 3 aromatic rings. The molecular weight excluding hydrogens is 303 g/mol. The van der Waals surface area contributed by atoms with Crippen LogP contribution in [-0.4, -0.2) is 38.9 Å². The van der Waals surface area contributed by atoms with Crippen molar-refractivity contribution in [3.8, 4) is 0 Å². The summed E-state index contributed by atoms with van der Waals surface area (Å²) in [5, 5.41) is 15.2. The van der Waals surface area contributed by atoms with Gasteiger partial charge in [-0.3, -0.25) is 4.98 Å². The van der Waals surface area contributed by atoms with Crippen molar-refractivity contribution in [3.05, 3.63) is 23.5 Å². The molecule has 3 atom stereocenters. The van der Waals surface area contributed by atoms with Gasteiger partial charge in [0.25, 0.3) is 0 Å². The van der Waals surface area contributed by atoms with E-state index in [-0.39, 0.29) is 6.04 Å². The van der Waals surface area contributed by atoms with Crippen LogP contribution in [0.2, 0.25) is 0 Å². The highest BCUT2D eigenvalue weighted by atomic mass is 32.1. The van der Waals surface area contributed by atoms with Crippen molar-refractivity contribution in [3.63, 3.8) is 0 Å². The number of fused-ring (bicyclic) bond motifs is 3. The van der Waals surface area contributed by atoms with Crippen molar-refractivity contribution in [2.45, 2.75) is 31.7 Å². The lowest BCUT2D eigenvalue weighted by Crippen LogP contribution is -2.39. The maximum Gasteiger partial charge on any atom is 0.139 e. The molecule has 1 aliphatic rings. The van der Waals surface area contributed by atoms with Crippen LogP contribution in [0.4, 0.5) is 4.39 Å². The molecule has 0 aromatic carbocycles. The Morgan fingerprint density at radius 1 is 1.50 bits per heavy atom. The summed E-state index contributed by atoms with van der Waals surface area (Å²) in [4.78, 5) is 8.92. The number of rotatable bonds is 2. The fourth-order valence-electron chi connectivity index (χ4n) is 3.22. The first-order valence-corrected chi connectivity index (χ1v) is 8.31. The standard InChI is InChI=1S/C15H17FN4OS/c1-8(21)15-19-11-7-18-10-3-5-22-14(10)13(11)20(15)12-2-4-17-6-9(12)16/h3,5,7-9,12,17,21H,2,4,6H2,1H3/t8-,9-,12?/m1/s1. The van der Waals surface area contributed by atoms with E-state index in [1.165, 1.54) is 0 Å². The Bertz CT molecular complexity index is 828. The minimum Gasteiger partial charge on any atom is -0.385 e. The van der Waals surface area contributed by atoms with Gasteiger partial charge in [-0.15, -0.1) is 11.3 Å². The van der Waals surface area contributed by atoms with E-state index in [1.807, 2.05) is 16.0 Å². The Morgan fingerprint density at radius 2 is 2.36 bits per heavy atom. The van der Waals surface area contributed by atoms with Crippen LogP contribution in [0, 0.1) is 0 Å². The molecule has 1 saturated heterocycles. The average molecular weight is 320 g/mol. The molecule has 116 valence electrons. The summed E-state index contributed by atoms with van der Waals surface area (Å²) >= 11 is 1.58. The highest BCUT2D eigenvalue weighted by Gasteiger charge is 2.31. The number of aromatic nitrogens is 3. The van der Waals surface area contributed by atoms with E-state index in [2.05, 4.69) is 15.3 Å². The van der Waals surface area contributed by atoms with E-state index in [1.54, 1.807) is 24.5 Å². The Kier molecular flexibility index (Phi) is 3.36. The van der Waals surface area contributed by atoms with Crippen molar-refractivity contribution in [1.29, 1.82) is 0 Å². The Balaban J connectivity index is 2.03. The van der Waals surface area contributed by atoms with E-state index >= 15 is 0 Å². The summed E-state index contributed by atoms with van der Waals surface area (Å²) in [6, 6.07) is 1.65. The summed E-state index contributed by atoms with van der Waals surface area (Å²) in [5.41, 5.74) is 2.50. The number of aliphatic hydroxyl groups is 1. The van der Waals surface area contributed by atoms with E-state index in [9.17, 15) is 9.50 Å². The molecule has 0 bridgehead atoms. The van der Waals surface area contributed by atoms with Gasteiger partial charge in [-0.25, -0.2) is 9.37 Å². The topological polar surface area (TPSA) is 63.0 Å². The van der Waals surface area contributed by atoms with Crippen LogP contribution >= 0.6 is 11.3 Å².